The molecule has 0 aliphatic heterocycles. The lowest BCUT2D eigenvalue weighted by Crippen LogP contribution is -2.55. The Hall–Kier alpha value is -1.45. The van der Waals surface area contributed by atoms with Crippen LogP contribution in [0.15, 0.2) is 11.6 Å². The van der Waals surface area contributed by atoms with Gasteiger partial charge in [0.25, 0.3) is 0 Å². The lowest BCUT2D eigenvalue weighted by molar-refractivity contribution is -0.151. The molecule has 26 heavy (non-hydrogen) atoms. The van der Waals surface area contributed by atoms with Crippen LogP contribution in [0.4, 0.5) is 0 Å². The van der Waals surface area contributed by atoms with Crippen molar-refractivity contribution in [3.05, 3.63) is 11.6 Å². The number of carbonyl (C=O) groups is 3. The Morgan fingerprint density at radius 2 is 1.96 bits per heavy atom. The van der Waals surface area contributed by atoms with Crippen LogP contribution >= 0.6 is 0 Å². The molecule has 3 saturated carbocycles. The topological polar surface area (TPSA) is 60.4 Å². The SMILES string of the molecule is CC(=O)OC[C@]12CCC(=O)C=C1C(C)C[C@@H]1[C@H]2CC[C@]2(C)C(=O)CC[C@@H]12. The van der Waals surface area contributed by atoms with Crippen LogP contribution in [0.25, 0.3) is 0 Å². The van der Waals surface area contributed by atoms with Gasteiger partial charge in [-0.2, -0.15) is 0 Å². The van der Waals surface area contributed by atoms with Crippen molar-refractivity contribution >= 4 is 17.5 Å². The normalized spacial score (nSPS) is 44.7. The molecule has 4 rings (SSSR count). The molecule has 0 saturated heterocycles. The number of fused-ring (bicyclic) bond motifs is 5. The van der Waals surface area contributed by atoms with Gasteiger partial charge in [-0.25, -0.2) is 0 Å². The van der Waals surface area contributed by atoms with E-state index in [4.69, 9.17) is 4.74 Å². The van der Waals surface area contributed by atoms with Gasteiger partial charge >= 0.3 is 5.97 Å². The molecule has 0 N–H and O–H groups in total. The van der Waals surface area contributed by atoms with E-state index in [1.807, 2.05) is 6.08 Å². The average molecular weight is 358 g/mol. The molecule has 0 spiro atoms. The van der Waals surface area contributed by atoms with Crippen LogP contribution in [0, 0.1) is 34.5 Å². The van der Waals surface area contributed by atoms with Gasteiger partial charge in [-0.3, -0.25) is 14.4 Å². The number of carbonyl (C=O) groups excluding carboxylic acids is 3. The number of esters is 1. The zero-order valence-corrected chi connectivity index (χ0v) is 16.2. The van der Waals surface area contributed by atoms with Crippen LogP contribution in [0.3, 0.4) is 0 Å². The number of rotatable bonds is 2. The van der Waals surface area contributed by atoms with E-state index >= 15 is 0 Å². The maximum Gasteiger partial charge on any atom is 0.302 e. The third-order valence-corrected chi connectivity index (χ3v) is 8.25. The fourth-order valence-electron chi connectivity index (χ4n) is 7.01. The Balaban J connectivity index is 1.75. The molecule has 0 amide bonds. The van der Waals surface area contributed by atoms with Gasteiger partial charge in [0.1, 0.15) is 12.4 Å². The van der Waals surface area contributed by atoms with Crippen molar-refractivity contribution < 1.29 is 19.1 Å². The fourth-order valence-corrected chi connectivity index (χ4v) is 7.01. The summed E-state index contributed by atoms with van der Waals surface area (Å²) < 4.78 is 5.57. The first-order chi connectivity index (χ1) is 12.3. The molecular formula is C22H30O4. The summed E-state index contributed by atoms with van der Waals surface area (Å²) in [5.74, 6) is 2.08. The van der Waals surface area contributed by atoms with E-state index < -0.39 is 0 Å². The van der Waals surface area contributed by atoms with E-state index in [-0.39, 0.29) is 22.6 Å². The zero-order chi connectivity index (χ0) is 18.7. The predicted octanol–water partition coefficient (Wildman–Crippen LogP) is 3.88. The number of ketones is 2. The van der Waals surface area contributed by atoms with Crippen molar-refractivity contribution in [2.24, 2.45) is 34.5 Å². The van der Waals surface area contributed by atoms with Gasteiger partial charge < -0.3 is 4.74 Å². The average Bonchev–Trinajstić information content (AvgIpc) is 2.90. The molecule has 0 heterocycles. The van der Waals surface area contributed by atoms with Crippen molar-refractivity contribution in [1.82, 2.24) is 0 Å². The number of ether oxygens (including phenoxy) is 1. The molecule has 4 heteroatoms. The highest BCUT2D eigenvalue weighted by Crippen LogP contribution is 2.65. The number of Topliss-reactive ketones (excluding diaryl/α,β-unsaturated/α-hetero) is 1. The van der Waals surface area contributed by atoms with E-state index in [1.54, 1.807) is 0 Å². The summed E-state index contributed by atoms with van der Waals surface area (Å²) in [5.41, 5.74) is 0.855. The van der Waals surface area contributed by atoms with Crippen molar-refractivity contribution in [2.45, 2.75) is 65.7 Å². The first kappa shape index (κ1) is 17.9. The molecule has 0 bridgehead atoms. The van der Waals surface area contributed by atoms with Gasteiger partial charge in [0.2, 0.25) is 0 Å². The van der Waals surface area contributed by atoms with Gasteiger partial charge in [0.05, 0.1) is 0 Å². The van der Waals surface area contributed by atoms with E-state index in [1.165, 1.54) is 12.5 Å². The minimum atomic E-state index is -0.248. The van der Waals surface area contributed by atoms with E-state index in [2.05, 4.69) is 13.8 Å². The fraction of sp³-hybridized carbons (Fsp3) is 0.773. The van der Waals surface area contributed by atoms with Gasteiger partial charge in [-0.1, -0.05) is 19.4 Å². The minimum Gasteiger partial charge on any atom is -0.465 e. The second-order valence-corrected chi connectivity index (χ2v) is 9.43. The lowest BCUT2D eigenvalue weighted by atomic mass is 9.45. The summed E-state index contributed by atoms with van der Waals surface area (Å²) in [6.07, 6.45) is 7.91. The Bertz CT molecular complexity index is 692. The van der Waals surface area contributed by atoms with Crippen LogP contribution in [-0.4, -0.2) is 24.1 Å². The number of hydrogen-bond donors (Lipinski definition) is 0. The van der Waals surface area contributed by atoms with Crippen molar-refractivity contribution in [3.63, 3.8) is 0 Å². The summed E-state index contributed by atoms with van der Waals surface area (Å²) >= 11 is 0. The molecule has 4 aliphatic rings. The van der Waals surface area contributed by atoms with Crippen LogP contribution in [-0.2, 0) is 19.1 Å². The Labute approximate surface area is 155 Å². The molecule has 1 unspecified atom stereocenters. The van der Waals surface area contributed by atoms with Gasteiger partial charge in [0, 0.05) is 30.6 Å². The smallest absolute Gasteiger partial charge is 0.302 e. The summed E-state index contributed by atoms with van der Waals surface area (Å²) in [6, 6.07) is 0. The minimum absolute atomic E-state index is 0.158. The maximum atomic E-state index is 12.6. The third-order valence-electron chi connectivity index (χ3n) is 8.25. The van der Waals surface area contributed by atoms with Crippen LogP contribution in [0.2, 0.25) is 0 Å². The molecule has 0 aromatic rings. The zero-order valence-electron chi connectivity index (χ0n) is 16.2. The molecule has 0 aromatic heterocycles. The van der Waals surface area contributed by atoms with Crippen molar-refractivity contribution in [1.29, 1.82) is 0 Å². The van der Waals surface area contributed by atoms with Crippen molar-refractivity contribution in [2.75, 3.05) is 6.61 Å². The van der Waals surface area contributed by atoms with Crippen LogP contribution in [0.1, 0.15) is 65.7 Å². The Kier molecular flexibility index (Phi) is 4.16. The van der Waals surface area contributed by atoms with E-state index in [9.17, 15) is 14.4 Å². The molecule has 6 atom stereocenters. The lowest BCUT2D eigenvalue weighted by Gasteiger charge is -2.59. The predicted molar refractivity (Wildman–Crippen MR) is 97.2 cm³/mol. The third kappa shape index (κ3) is 2.44. The van der Waals surface area contributed by atoms with Gasteiger partial charge in [-0.05, 0) is 61.9 Å². The second kappa shape index (κ2) is 6.03. The molecule has 0 aromatic carbocycles. The molecule has 3 fully saturated rings. The van der Waals surface area contributed by atoms with Crippen LogP contribution < -0.4 is 0 Å². The Morgan fingerprint density at radius 3 is 2.69 bits per heavy atom. The first-order valence-corrected chi connectivity index (χ1v) is 10.2. The largest absolute Gasteiger partial charge is 0.465 e. The summed E-state index contributed by atoms with van der Waals surface area (Å²) in [5, 5.41) is 0. The number of hydrogen-bond acceptors (Lipinski definition) is 4. The van der Waals surface area contributed by atoms with E-state index in [0.717, 1.165) is 38.5 Å². The van der Waals surface area contributed by atoms with E-state index in [0.29, 0.717) is 42.5 Å². The first-order valence-electron chi connectivity index (χ1n) is 10.2. The van der Waals surface area contributed by atoms with Gasteiger partial charge in [0.15, 0.2) is 5.78 Å². The monoisotopic (exact) mass is 358 g/mol. The highest BCUT2D eigenvalue weighted by Gasteiger charge is 2.61. The van der Waals surface area contributed by atoms with Gasteiger partial charge in [-0.15, -0.1) is 0 Å². The standard InChI is InChI=1S/C22H30O4/c1-13-10-16-17-4-5-20(25)21(17,3)8-7-18(16)22(12-26-14(2)23)9-6-15(24)11-19(13)22/h11,13,16-18H,4-10,12H2,1-3H3/t13?,16-,17-,18+,21-,22-/m0/s1. The highest BCUT2D eigenvalue weighted by molar-refractivity contribution is 5.92. The summed E-state index contributed by atoms with van der Waals surface area (Å²) in [4.78, 5) is 36.3. The highest BCUT2D eigenvalue weighted by atomic mass is 16.5. The molecule has 142 valence electrons. The molecule has 0 radical (unpaired) electrons. The maximum absolute atomic E-state index is 12.6. The van der Waals surface area contributed by atoms with Crippen molar-refractivity contribution in [3.8, 4) is 0 Å². The molecule has 4 aliphatic carbocycles. The molecular weight excluding hydrogens is 328 g/mol. The second-order valence-electron chi connectivity index (χ2n) is 9.43. The van der Waals surface area contributed by atoms with Crippen LogP contribution in [0.5, 0.6) is 0 Å². The summed E-state index contributed by atoms with van der Waals surface area (Å²) in [6.45, 7) is 6.25. The Morgan fingerprint density at radius 1 is 1.19 bits per heavy atom. The summed E-state index contributed by atoms with van der Waals surface area (Å²) in [7, 11) is 0. The molecule has 4 nitrogen and oxygen atoms in total. The quantitative estimate of drug-likeness (QED) is 0.703.